The zero-order valence-corrected chi connectivity index (χ0v) is 9.87. The molecule has 0 radical (unpaired) electrons. The summed E-state index contributed by atoms with van der Waals surface area (Å²) in [5.74, 6) is -1.67. The fourth-order valence-electron chi connectivity index (χ4n) is 1.59. The van der Waals surface area contributed by atoms with E-state index < -0.39 is 13.8 Å². The van der Waals surface area contributed by atoms with E-state index in [1.165, 1.54) is 12.1 Å². The zero-order chi connectivity index (χ0) is 13.3. The molecule has 3 N–H and O–H groups in total. The Balaban J connectivity index is 2.65. The second kappa shape index (κ2) is 4.42. The summed E-state index contributed by atoms with van der Waals surface area (Å²) in [5.41, 5.74) is -0.294. The Hall–Kier alpha value is -1.88. The first-order valence-corrected chi connectivity index (χ1v) is 6.41. The molecule has 0 saturated carbocycles. The van der Waals surface area contributed by atoms with Gasteiger partial charge in [0.05, 0.1) is 0 Å². The van der Waals surface area contributed by atoms with Gasteiger partial charge in [-0.05, 0) is 22.9 Å². The van der Waals surface area contributed by atoms with Crippen LogP contribution in [0.5, 0.6) is 5.75 Å². The van der Waals surface area contributed by atoms with Crippen LogP contribution in [0.25, 0.3) is 10.8 Å². The van der Waals surface area contributed by atoms with Crippen molar-refractivity contribution in [2.24, 2.45) is 0 Å². The van der Waals surface area contributed by atoms with Gasteiger partial charge >= 0.3 is 13.8 Å². The quantitative estimate of drug-likeness (QED) is 0.735. The average molecular weight is 268 g/mol. The van der Waals surface area contributed by atoms with Crippen LogP contribution in [0.15, 0.2) is 36.4 Å². The number of carboxylic acid groups (broad SMARTS) is 1. The zero-order valence-electron chi connectivity index (χ0n) is 8.98. The highest BCUT2D eigenvalue weighted by Crippen LogP contribution is 2.40. The van der Waals surface area contributed by atoms with Crippen LogP contribution in [0.1, 0.15) is 10.4 Å². The molecule has 0 atom stereocenters. The maximum Gasteiger partial charge on any atom is 0.524 e. The van der Waals surface area contributed by atoms with Gasteiger partial charge in [-0.25, -0.2) is 9.36 Å². The molecule has 0 saturated heterocycles. The maximum atomic E-state index is 11.0. The highest BCUT2D eigenvalue weighted by molar-refractivity contribution is 7.46. The normalized spacial score (nSPS) is 11.4. The molecule has 0 unspecified atom stereocenters. The lowest BCUT2D eigenvalue weighted by molar-refractivity contribution is 0.0695. The minimum Gasteiger partial charge on any atom is -0.478 e. The number of fused-ring (bicyclic) bond motifs is 1. The summed E-state index contributed by atoms with van der Waals surface area (Å²) in [4.78, 5) is 28.5. The van der Waals surface area contributed by atoms with E-state index in [1.807, 2.05) is 0 Å². The number of carboxylic acids is 1. The molecule has 0 aliphatic carbocycles. The van der Waals surface area contributed by atoms with Crippen molar-refractivity contribution in [1.29, 1.82) is 0 Å². The largest absolute Gasteiger partial charge is 0.524 e. The molecule has 0 spiro atoms. The molecule has 0 fully saturated rings. The fraction of sp³-hybridized carbons (Fsp3) is 0. The highest BCUT2D eigenvalue weighted by atomic mass is 31.2. The van der Waals surface area contributed by atoms with E-state index in [0.29, 0.717) is 10.8 Å². The minimum atomic E-state index is -4.80. The van der Waals surface area contributed by atoms with Crippen molar-refractivity contribution in [3.63, 3.8) is 0 Å². The molecule has 0 aliphatic heterocycles. The molecule has 94 valence electrons. The average Bonchev–Trinajstić information content (AvgIpc) is 2.25. The Labute approximate surface area is 102 Å². The standard InChI is InChI=1S/C11H9O6P/c12-11(13)9-5-7-3-1-2-4-8(7)6-10(9)17-18(14,15)16/h1-6H,(H,12,13)(H2,14,15,16). The summed E-state index contributed by atoms with van der Waals surface area (Å²) in [7, 11) is -4.80. The predicted molar refractivity (Wildman–Crippen MR) is 63.6 cm³/mol. The molecule has 0 amide bonds. The highest BCUT2D eigenvalue weighted by Gasteiger charge is 2.21. The third kappa shape index (κ3) is 2.68. The summed E-state index contributed by atoms with van der Waals surface area (Å²) in [6, 6.07) is 9.44. The Morgan fingerprint density at radius 1 is 1.11 bits per heavy atom. The number of benzene rings is 2. The van der Waals surface area contributed by atoms with Gasteiger partial charge < -0.3 is 9.63 Å². The summed E-state index contributed by atoms with van der Waals surface area (Å²) >= 11 is 0. The number of hydrogen-bond donors (Lipinski definition) is 3. The van der Waals surface area contributed by atoms with E-state index in [0.717, 1.165) is 0 Å². The van der Waals surface area contributed by atoms with Crippen LogP contribution in [-0.4, -0.2) is 20.9 Å². The topological polar surface area (TPSA) is 104 Å². The Kier molecular flexibility index (Phi) is 3.09. The van der Waals surface area contributed by atoms with Crippen LogP contribution in [0.2, 0.25) is 0 Å². The first kappa shape index (κ1) is 12.6. The molecule has 6 nitrogen and oxygen atoms in total. The van der Waals surface area contributed by atoms with Crippen molar-refractivity contribution in [3.05, 3.63) is 42.0 Å². The van der Waals surface area contributed by atoms with E-state index in [1.54, 1.807) is 24.3 Å². The second-order valence-corrected chi connectivity index (χ2v) is 4.75. The molecule has 7 heteroatoms. The monoisotopic (exact) mass is 268 g/mol. The Bertz CT molecular complexity index is 660. The SMILES string of the molecule is O=C(O)c1cc2ccccc2cc1OP(=O)(O)O. The molecule has 2 aromatic rings. The third-order valence-electron chi connectivity index (χ3n) is 2.30. The smallest absolute Gasteiger partial charge is 0.478 e. The molecule has 0 bridgehead atoms. The number of aromatic carboxylic acids is 1. The lowest BCUT2D eigenvalue weighted by Crippen LogP contribution is -2.01. The van der Waals surface area contributed by atoms with Crippen LogP contribution < -0.4 is 4.52 Å². The van der Waals surface area contributed by atoms with Crippen LogP contribution in [0, 0.1) is 0 Å². The first-order valence-electron chi connectivity index (χ1n) is 4.88. The minimum absolute atomic E-state index is 0.294. The van der Waals surface area contributed by atoms with Gasteiger partial charge in [0, 0.05) is 0 Å². The summed E-state index contributed by atoms with van der Waals surface area (Å²) in [6.07, 6.45) is 0. The first-order chi connectivity index (χ1) is 8.37. The molecule has 2 rings (SSSR count). The van der Waals surface area contributed by atoms with Crippen LogP contribution in [0.3, 0.4) is 0 Å². The summed E-state index contributed by atoms with van der Waals surface area (Å²) in [5, 5.41) is 10.3. The van der Waals surface area contributed by atoms with E-state index in [2.05, 4.69) is 4.52 Å². The third-order valence-corrected chi connectivity index (χ3v) is 2.73. The van der Waals surface area contributed by atoms with Crippen LogP contribution in [-0.2, 0) is 4.57 Å². The number of rotatable bonds is 3. The molecule has 18 heavy (non-hydrogen) atoms. The van der Waals surface area contributed by atoms with Gasteiger partial charge in [0.25, 0.3) is 0 Å². The predicted octanol–water partition coefficient (Wildman–Crippen LogP) is 2.01. The lowest BCUT2D eigenvalue weighted by Gasteiger charge is -2.10. The van der Waals surface area contributed by atoms with E-state index in [9.17, 15) is 9.36 Å². The number of hydrogen-bond acceptors (Lipinski definition) is 3. The summed E-state index contributed by atoms with van der Waals surface area (Å²) < 4.78 is 15.2. The number of phosphoric acid groups is 1. The van der Waals surface area contributed by atoms with Gasteiger partial charge in [0.15, 0.2) is 0 Å². The van der Waals surface area contributed by atoms with Crippen molar-refractivity contribution in [3.8, 4) is 5.75 Å². The summed E-state index contributed by atoms with van der Waals surface area (Å²) in [6.45, 7) is 0. The number of carbonyl (C=O) groups is 1. The number of phosphoric ester groups is 1. The van der Waals surface area contributed by atoms with Gasteiger partial charge in [-0.2, -0.15) is 0 Å². The van der Waals surface area contributed by atoms with Gasteiger partial charge in [0.2, 0.25) is 0 Å². The molecule has 0 aliphatic rings. The van der Waals surface area contributed by atoms with E-state index >= 15 is 0 Å². The van der Waals surface area contributed by atoms with Gasteiger partial charge in [-0.15, -0.1) is 0 Å². The van der Waals surface area contributed by atoms with Crippen molar-refractivity contribution in [1.82, 2.24) is 0 Å². The van der Waals surface area contributed by atoms with Gasteiger partial charge in [-0.3, -0.25) is 9.79 Å². The Morgan fingerprint density at radius 2 is 1.67 bits per heavy atom. The van der Waals surface area contributed by atoms with Crippen molar-refractivity contribution < 1.29 is 28.8 Å². The molecular weight excluding hydrogens is 259 g/mol. The fourth-order valence-corrected chi connectivity index (χ4v) is 2.00. The molecule has 0 aromatic heterocycles. The molecular formula is C11H9O6P. The van der Waals surface area contributed by atoms with Crippen molar-refractivity contribution >= 4 is 24.6 Å². The lowest BCUT2D eigenvalue weighted by atomic mass is 10.1. The molecule has 2 aromatic carbocycles. The van der Waals surface area contributed by atoms with Crippen LogP contribution in [0.4, 0.5) is 0 Å². The van der Waals surface area contributed by atoms with Gasteiger partial charge in [-0.1, -0.05) is 24.3 Å². The van der Waals surface area contributed by atoms with E-state index in [4.69, 9.17) is 14.9 Å². The van der Waals surface area contributed by atoms with Crippen molar-refractivity contribution in [2.75, 3.05) is 0 Å². The van der Waals surface area contributed by atoms with E-state index in [-0.39, 0.29) is 11.3 Å². The van der Waals surface area contributed by atoms with Crippen molar-refractivity contribution in [2.45, 2.75) is 0 Å². The van der Waals surface area contributed by atoms with Crippen LogP contribution >= 0.6 is 7.82 Å². The van der Waals surface area contributed by atoms with Gasteiger partial charge in [0.1, 0.15) is 11.3 Å². The molecule has 0 heterocycles. The maximum absolute atomic E-state index is 11.0. The Morgan fingerprint density at radius 3 is 2.17 bits per heavy atom. The second-order valence-electron chi connectivity index (χ2n) is 3.58.